The Labute approximate surface area is 216 Å². The van der Waals surface area contributed by atoms with Crippen LogP contribution in [0.5, 0.6) is 0 Å². The molecule has 0 unspecified atom stereocenters. The number of carbonyl (C=O) groups excluding carboxylic acids is 2. The van der Waals surface area contributed by atoms with E-state index in [1.165, 1.54) is 12.1 Å². The number of benzene rings is 2. The maximum Gasteiger partial charge on any atom is 0.325 e. The molecule has 3 N–H and O–H groups in total. The summed E-state index contributed by atoms with van der Waals surface area (Å²) >= 11 is 0. The minimum atomic E-state index is -1.25. The molecule has 0 radical (unpaired) electrons. The van der Waals surface area contributed by atoms with Crippen LogP contribution in [0.25, 0.3) is 11.3 Å². The number of halogens is 4. The van der Waals surface area contributed by atoms with Crippen molar-refractivity contribution in [3.8, 4) is 11.3 Å². The summed E-state index contributed by atoms with van der Waals surface area (Å²) in [6.07, 6.45) is 0.133. The van der Waals surface area contributed by atoms with Gasteiger partial charge in [-0.25, -0.2) is 32.2 Å². The van der Waals surface area contributed by atoms with E-state index in [9.17, 15) is 27.2 Å². The van der Waals surface area contributed by atoms with Crippen molar-refractivity contribution in [3.05, 3.63) is 77.4 Å². The van der Waals surface area contributed by atoms with E-state index >= 15 is 0 Å². The lowest BCUT2D eigenvalue weighted by atomic mass is 10.0. The largest absolute Gasteiger partial charge is 0.461 e. The van der Waals surface area contributed by atoms with Gasteiger partial charge in [0.1, 0.15) is 41.4 Å². The Kier molecular flexibility index (Phi) is 8.54. The minimum Gasteiger partial charge on any atom is -0.461 e. The Hall–Kier alpha value is -4.03. The molecule has 1 aliphatic heterocycles. The molecule has 1 saturated heterocycles. The lowest BCUT2D eigenvalue weighted by Crippen LogP contribution is -2.44. The third-order valence-electron chi connectivity index (χ3n) is 5.99. The molecule has 0 bridgehead atoms. The normalized spacial score (nSPS) is 13.8. The van der Waals surface area contributed by atoms with Crippen molar-refractivity contribution in [1.29, 1.82) is 0 Å². The summed E-state index contributed by atoms with van der Waals surface area (Å²) in [7, 11) is 0. The number of amides is 2. The van der Waals surface area contributed by atoms with Crippen LogP contribution in [0.15, 0.2) is 48.5 Å². The van der Waals surface area contributed by atoms with E-state index in [2.05, 4.69) is 15.2 Å². The van der Waals surface area contributed by atoms with Crippen LogP contribution in [0.1, 0.15) is 12.0 Å². The summed E-state index contributed by atoms with van der Waals surface area (Å²) in [4.78, 5) is 31.5. The van der Waals surface area contributed by atoms with E-state index in [0.717, 1.165) is 56.5 Å². The predicted octanol–water partition coefficient (Wildman–Crippen LogP) is 3.86. The van der Waals surface area contributed by atoms with Crippen molar-refractivity contribution in [2.75, 3.05) is 37.6 Å². The number of primary amides is 1. The van der Waals surface area contributed by atoms with Crippen molar-refractivity contribution >= 4 is 23.5 Å². The van der Waals surface area contributed by atoms with Gasteiger partial charge in [0.2, 0.25) is 0 Å². The Morgan fingerprint density at radius 3 is 2.37 bits per heavy atom. The zero-order valence-corrected chi connectivity index (χ0v) is 20.2. The number of nitrogens with zero attached hydrogens (tertiary/aromatic N) is 3. The van der Waals surface area contributed by atoms with E-state index in [1.807, 2.05) is 0 Å². The SMILES string of the molecule is NC(=O)N(c1ccc(COC(=O)CCN2CCNCC2)c(-c2ccc(F)cc2F)n1)c1c(F)cccc1F. The third kappa shape index (κ3) is 6.26. The second kappa shape index (κ2) is 12.0. The lowest BCUT2D eigenvalue weighted by molar-refractivity contribution is -0.145. The number of carbonyl (C=O) groups is 2. The average Bonchev–Trinajstić information content (AvgIpc) is 2.89. The first-order valence-electron chi connectivity index (χ1n) is 11.8. The number of urea groups is 1. The van der Waals surface area contributed by atoms with Crippen molar-refractivity contribution < 1.29 is 31.9 Å². The third-order valence-corrected chi connectivity index (χ3v) is 5.99. The van der Waals surface area contributed by atoms with Crippen molar-refractivity contribution in [3.63, 3.8) is 0 Å². The lowest BCUT2D eigenvalue weighted by Gasteiger charge is -2.26. The molecule has 2 amide bonds. The highest BCUT2D eigenvalue weighted by molar-refractivity contribution is 5.98. The molecule has 0 spiro atoms. The maximum atomic E-state index is 14.8. The van der Waals surface area contributed by atoms with Crippen LogP contribution in [0, 0.1) is 23.3 Å². The number of hydrogen-bond acceptors (Lipinski definition) is 6. The Balaban J connectivity index is 1.65. The van der Waals surface area contributed by atoms with E-state index in [-0.39, 0.29) is 35.7 Å². The molecule has 8 nitrogen and oxygen atoms in total. The number of pyridine rings is 1. The molecule has 0 saturated carbocycles. The number of piperazine rings is 1. The molecule has 12 heteroatoms. The monoisotopic (exact) mass is 531 g/mol. The summed E-state index contributed by atoms with van der Waals surface area (Å²) in [6, 6.07) is 7.06. The van der Waals surface area contributed by atoms with Gasteiger partial charge in [-0.05, 0) is 36.4 Å². The first-order chi connectivity index (χ1) is 18.2. The molecule has 2 heterocycles. The predicted molar refractivity (Wildman–Crippen MR) is 131 cm³/mol. The molecular formula is C26H25F4N5O3. The molecule has 1 fully saturated rings. The van der Waals surface area contributed by atoms with Gasteiger partial charge < -0.3 is 20.7 Å². The topological polar surface area (TPSA) is 101 Å². The Morgan fingerprint density at radius 2 is 1.71 bits per heavy atom. The van der Waals surface area contributed by atoms with Gasteiger partial charge in [0.25, 0.3) is 0 Å². The highest BCUT2D eigenvalue weighted by atomic mass is 19.1. The molecule has 2 aromatic carbocycles. The van der Waals surface area contributed by atoms with E-state index in [1.54, 1.807) is 0 Å². The fourth-order valence-electron chi connectivity index (χ4n) is 4.09. The van der Waals surface area contributed by atoms with E-state index in [4.69, 9.17) is 10.5 Å². The molecule has 38 heavy (non-hydrogen) atoms. The van der Waals surface area contributed by atoms with Crippen LogP contribution < -0.4 is 16.0 Å². The molecule has 1 aromatic heterocycles. The van der Waals surface area contributed by atoms with Crippen molar-refractivity contribution in [2.24, 2.45) is 5.73 Å². The average molecular weight is 532 g/mol. The van der Waals surface area contributed by atoms with Gasteiger partial charge >= 0.3 is 12.0 Å². The second-order valence-corrected chi connectivity index (χ2v) is 8.55. The molecule has 4 rings (SSSR count). The number of anilines is 2. The highest BCUT2D eigenvalue weighted by Gasteiger charge is 2.26. The minimum absolute atomic E-state index is 0.127. The standard InChI is InChI=1S/C26H25F4N5O3/c27-17-5-6-18(21(30)14-17)24-16(15-38-23(36)8-11-34-12-9-32-10-13-34)4-7-22(33-24)35(26(31)37)25-19(28)2-1-3-20(25)29/h1-7,14,32H,8-13,15H2,(H2,31,37). The molecule has 0 atom stereocenters. The fourth-order valence-corrected chi connectivity index (χ4v) is 4.09. The quantitative estimate of drug-likeness (QED) is 0.338. The van der Waals surface area contributed by atoms with Crippen LogP contribution in [0.3, 0.4) is 0 Å². The van der Waals surface area contributed by atoms with Gasteiger partial charge in [0, 0.05) is 49.9 Å². The number of esters is 1. The molecule has 3 aromatic rings. The molecule has 200 valence electrons. The number of aromatic nitrogens is 1. The smallest absolute Gasteiger partial charge is 0.325 e. The molecule has 1 aliphatic rings. The highest BCUT2D eigenvalue weighted by Crippen LogP contribution is 2.33. The number of rotatable bonds is 8. The maximum absolute atomic E-state index is 14.8. The Bertz CT molecular complexity index is 1310. The van der Waals surface area contributed by atoms with E-state index < -0.39 is 41.0 Å². The van der Waals surface area contributed by atoms with Crippen LogP contribution in [-0.4, -0.2) is 54.6 Å². The molecular weight excluding hydrogens is 506 g/mol. The number of para-hydroxylation sites is 1. The summed E-state index contributed by atoms with van der Waals surface area (Å²) in [5, 5.41) is 3.22. The van der Waals surface area contributed by atoms with Gasteiger partial charge in [-0.3, -0.25) is 4.79 Å². The van der Waals surface area contributed by atoms with Gasteiger partial charge in [-0.15, -0.1) is 0 Å². The first kappa shape index (κ1) is 27.0. The number of hydrogen-bond donors (Lipinski definition) is 2. The summed E-state index contributed by atoms with van der Waals surface area (Å²) in [5.41, 5.74) is 4.56. The summed E-state index contributed by atoms with van der Waals surface area (Å²) in [5.74, 6) is -4.80. The second-order valence-electron chi connectivity index (χ2n) is 8.55. The van der Waals surface area contributed by atoms with E-state index in [0.29, 0.717) is 17.5 Å². The van der Waals surface area contributed by atoms with Gasteiger partial charge in [-0.1, -0.05) is 6.07 Å². The summed E-state index contributed by atoms with van der Waals surface area (Å²) in [6.45, 7) is 3.48. The van der Waals surface area contributed by atoms with Crippen LogP contribution in [-0.2, 0) is 16.1 Å². The van der Waals surface area contributed by atoms with Crippen LogP contribution in [0.2, 0.25) is 0 Å². The van der Waals surface area contributed by atoms with Crippen LogP contribution in [0.4, 0.5) is 33.9 Å². The van der Waals surface area contributed by atoms with Gasteiger partial charge in [-0.2, -0.15) is 0 Å². The van der Waals surface area contributed by atoms with Gasteiger partial charge in [0.05, 0.1) is 12.1 Å². The zero-order valence-electron chi connectivity index (χ0n) is 20.2. The van der Waals surface area contributed by atoms with Crippen LogP contribution >= 0.6 is 0 Å². The zero-order chi connectivity index (χ0) is 27.2. The Morgan fingerprint density at radius 1 is 1.00 bits per heavy atom. The first-order valence-corrected chi connectivity index (χ1v) is 11.8. The fraction of sp³-hybridized carbons (Fsp3) is 0.269. The number of ether oxygens (including phenoxy) is 1. The van der Waals surface area contributed by atoms with Crippen molar-refractivity contribution in [1.82, 2.24) is 15.2 Å². The molecule has 0 aliphatic carbocycles. The number of nitrogens with one attached hydrogen (secondary N) is 1. The number of nitrogens with two attached hydrogens (primary N) is 1. The van der Waals surface area contributed by atoms with Crippen molar-refractivity contribution in [2.45, 2.75) is 13.0 Å². The summed E-state index contributed by atoms with van der Waals surface area (Å²) < 4.78 is 62.7. The van der Waals surface area contributed by atoms with Gasteiger partial charge in [0.15, 0.2) is 0 Å².